The Morgan fingerprint density at radius 1 is 1.48 bits per heavy atom. The number of carbonyl (C=O) groups is 1. The van der Waals surface area contributed by atoms with Gasteiger partial charge in [-0.05, 0) is 46.1 Å². The van der Waals surface area contributed by atoms with E-state index in [2.05, 4.69) is 20.9 Å². The summed E-state index contributed by atoms with van der Waals surface area (Å²) in [5.41, 5.74) is 0.666. The van der Waals surface area contributed by atoms with Crippen molar-refractivity contribution in [3.05, 3.63) is 58.1 Å². The molecule has 0 aliphatic carbocycles. The fourth-order valence-electron chi connectivity index (χ4n) is 2.02. The number of carboxylic acid groups (broad SMARTS) is 1. The van der Waals surface area contributed by atoms with Gasteiger partial charge in [-0.25, -0.2) is 4.39 Å². The van der Waals surface area contributed by atoms with Crippen molar-refractivity contribution in [3.8, 4) is 5.75 Å². The van der Waals surface area contributed by atoms with E-state index < -0.39 is 17.7 Å². The van der Waals surface area contributed by atoms with E-state index in [-0.39, 0.29) is 12.1 Å². The molecule has 1 unspecified atom stereocenters. The summed E-state index contributed by atoms with van der Waals surface area (Å²) in [6.07, 6.45) is 1.53. The van der Waals surface area contributed by atoms with Crippen molar-refractivity contribution in [1.29, 1.82) is 0 Å². The summed E-state index contributed by atoms with van der Waals surface area (Å²) in [5.74, 6) is -2.18. The Hall–Kier alpha value is -1.95. The summed E-state index contributed by atoms with van der Waals surface area (Å²) in [4.78, 5) is 15.4. The Morgan fingerprint density at radius 3 is 2.86 bits per heavy atom. The number of pyridine rings is 1. The highest BCUT2D eigenvalue weighted by Gasteiger charge is 2.25. The van der Waals surface area contributed by atoms with Gasteiger partial charge < -0.3 is 9.84 Å². The molecule has 0 aliphatic heterocycles. The number of benzene rings is 1. The molecule has 1 atom stereocenters. The minimum absolute atomic E-state index is 0.0754. The molecule has 0 saturated carbocycles. The number of ether oxygens (including phenoxy) is 1. The molecule has 0 amide bonds. The lowest BCUT2D eigenvalue weighted by molar-refractivity contribution is -0.138. The molecule has 1 N–H and O–H groups in total. The van der Waals surface area contributed by atoms with Crippen molar-refractivity contribution < 1.29 is 19.0 Å². The molecule has 0 spiro atoms. The first-order chi connectivity index (χ1) is 10.0. The molecular weight excluding hydrogens is 341 g/mol. The maximum absolute atomic E-state index is 13.9. The van der Waals surface area contributed by atoms with E-state index in [1.165, 1.54) is 19.4 Å². The number of methoxy groups -OCH3 is 1. The van der Waals surface area contributed by atoms with E-state index in [9.17, 15) is 14.3 Å². The first-order valence-electron chi connectivity index (χ1n) is 6.18. The molecule has 0 fully saturated rings. The van der Waals surface area contributed by atoms with E-state index in [1.54, 1.807) is 24.3 Å². The molecule has 2 aromatic rings. The maximum Gasteiger partial charge on any atom is 0.313 e. The van der Waals surface area contributed by atoms with Gasteiger partial charge in [0.05, 0.1) is 12.8 Å². The van der Waals surface area contributed by atoms with Crippen LogP contribution in [-0.2, 0) is 11.2 Å². The quantitative estimate of drug-likeness (QED) is 0.894. The average molecular weight is 354 g/mol. The fraction of sp³-hybridized carbons (Fsp3) is 0.200. The van der Waals surface area contributed by atoms with E-state index >= 15 is 0 Å². The Kier molecular flexibility index (Phi) is 4.90. The Labute approximate surface area is 129 Å². The third kappa shape index (κ3) is 3.78. The predicted molar refractivity (Wildman–Crippen MR) is 79.0 cm³/mol. The normalized spacial score (nSPS) is 12.0. The topological polar surface area (TPSA) is 59.4 Å². The highest BCUT2D eigenvalue weighted by atomic mass is 79.9. The third-order valence-electron chi connectivity index (χ3n) is 3.04. The van der Waals surface area contributed by atoms with Crippen LogP contribution < -0.4 is 4.74 Å². The fourth-order valence-corrected chi connectivity index (χ4v) is 2.32. The standard InChI is InChI=1S/C15H13BrFNO3/c1-21-11-4-2-3-9(5-11)6-12(15(19)20)14-13(17)7-10(16)8-18-14/h2-5,7-8,12H,6H2,1H3,(H,19,20). The number of halogens is 2. The van der Waals surface area contributed by atoms with Crippen molar-refractivity contribution in [1.82, 2.24) is 4.98 Å². The van der Waals surface area contributed by atoms with Crippen LogP contribution >= 0.6 is 15.9 Å². The van der Waals surface area contributed by atoms with Gasteiger partial charge in [0, 0.05) is 10.7 Å². The molecular formula is C15H13BrFNO3. The Bertz CT molecular complexity index is 663. The van der Waals surface area contributed by atoms with Crippen LogP contribution in [-0.4, -0.2) is 23.2 Å². The zero-order valence-electron chi connectivity index (χ0n) is 11.2. The van der Waals surface area contributed by atoms with E-state index in [0.29, 0.717) is 10.2 Å². The number of aromatic nitrogens is 1. The van der Waals surface area contributed by atoms with Crippen molar-refractivity contribution in [2.45, 2.75) is 12.3 Å². The van der Waals surface area contributed by atoms with Gasteiger partial charge in [-0.2, -0.15) is 0 Å². The summed E-state index contributed by atoms with van der Waals surface area (Å²) in [7, 11) is 1.53. The summed E-state index contributed by atoms with van der Waals surface area (Å²) < 4.78 is 19.5. The lowest BCUT2D eigenvalue weighted by atomic mass is 9.95. The molecule has 21 heavy (non-hydrogen) atoms. The Morgan fingerprint density at radius 2 is 2.24 bits per heavy atom. The van der Waals surface area contributed by atoms with Gasteiger partial charge in [0.25, 0.3) is 0 Å². The third-order valence-corrected chi connectivity index (χ3v) is 3.47. The molecule has 1 heterocycles. The summed E-state index contributed by atoms with van der Waals surface area (Å²) >= 11 is 3.10. The molecule has 2 rings (SSSR count). The van der Waals surface area contributed by atoms with Gasteiger partial charge in [0.15, 0.2) is 0 Å². The number of aliphatic carboxylic acids is 1. The number of carboxylic acids is 1. The van der Waals surface area contributed by atoms with Gasteiger partial charge >= 0.3 is 5.97 Å². The Balaban J connectivity index is 2.33. The van der Waals surface area contributed by atoms with Crippen molar-refractivity contribution in [3.63, 3.8) is 0 Å². The van der Waals surface area contributed by atoms with Crippen LogP contribution in [0.1, 0.15) is 17.2 Å². The first kappa shape index (κ1) is 15.4. The van der Waals surface area contributed by atoms with Crippen LogP contribution in [0.3, 0.4) is 0 Å². The van der Waals surface area contributed by atoms with Gasteiger partial charge in [0.1, 0.15) is 17.5 Å². The first-order valence-corrected chi connectivity index (χ1v) is 6.97. The highest BCUT2D eigenvalue weighted by Crippen LogP contribution is 2.25. The van der Waals surface area contributed by atoms with Crippen molar-refractivity contribution in [2.24, 2.45) is 0 Å². The van der Waals surface area contributed by atoms with Crippen LogP contribution in [0.5, 0.6) is 5.75 Å². The minimum Gasteiger partial charge on any atom is -0.497 e. The molecule has 6 heteroatoms. The monoisotopic (exact) mass is 353 g/mol. The molecule has 4 nitrogen and oxygen atoms in total. The van der Waals surface area contributed by atoms with Crippen molar-refractivity contribution in [2.75, 3.05) is 7.11 Å². The zero-order valence-corrected chi connectivity index (χ0v) is 12.8. The van der Waals surface area contributed by atoms with Crippen LogP contribution in [0.2, 0.25) is 0 Å². The van der Waals surface area contributed by atoms with Gasteiger partial charge in [-0.15, -0.1) is 0 Å². The molecule has 0 bridgehead atoms. The lowest BCUT2D eigenvalue weighted by Crippen LogP contribution is -2.17. The van der Waals surface area contributed by atoms with Gasteiger partial charge in [-0.3, -0.25) is 9.78 Å². The van der Waals surface area contributed by atoms with Gasteiger partial charge in [0.2, 0.25) is 0 Å². The molecule has 1 aromatic carbocycles. The summed E-state index contributed by atoms with van der Waals surface area (Å²) in [6.45, 7) is 0. The largest absolute Gasteiger partial charge is 0.497 e. The number of hydrogen-bond acceptors (Lipinski definition) is 3. The maximum atomic E-state index is 13.9. The molecule has 0 aliphatic rings. The zero-order chi connectivity index (χ0) is 15.4. The van der Waals surface area contributed by atoms with Gasteiger partial charge in [-0.1, -0.05) is 12.1 Å². The molecule has 0 radical (unpaired) electrons. The number of nitrogens with zero attached hydrogens (tertiary/aromatic N) is 1. The van der Waals surface area contributed by atoms with Crippen LogP contribution in [0.25, 0.3) is 0 Å². The summed E-state index contributed by atoms with van der Waals surface area (Å²) in [5, 5.41) is 9.36. The van der Waals surface area contributed by atoms with Crippen molar-refractivity contribution >= 4 is 21.9 Å². The molecule has 0 saturated heterocycles. The second-order valence-electron chi connectivity index (χ2n) is 4.47. The molecule has 1 aromatic heterocycles. The highest BCUT2D eigenvalue weighted by molar-refractivity contribution is 9.10. The van der Waals surface area contributed by atoms with E-state index in [0.717, 1.165) is 5.56 Å². The second kappa shape index (κ2) is 6.67. The smallest absolute Gasteiger partial charge is 0.313 e. The minimum atomic E-state index is -1.12. The lowest BCUT2D eigenvalue weighted by Gasteiger charge is -2.13. The van der Waals surface area contributed by atoms with E-state index in [1.807, 2.05) is 0 Å². The number of hydrogen-bond donors (Lipinski definition) is 1. The van der Waals surface area contributed by atoms with Crippen LogP contribution in [0.15, 0.2) is 41.0 Å². The average Bonchev–Trinajstić information content (AvgIpc) is 2.45. The second-order valence-corrected chi connectivity index (χ2v) is 5.38. The SMILES string of the molecule is COc1cccc(CC(C(=O)O)c2ncc(Br)cc2F)c1. The van der Waals surface area contributed by atoms with E-state index in [4.69, 9.17) is 4.74 Å². The van der Waals surface area contributed by atoms with Crippen LogP contribution in [0.4, 0.5) is 4.39 Å². The molecule has 110 valence electrons. The predicted octanol–water partition coefficient (Wildman–Crippen LogP) is 3.40. The van der Waals surface area contributed by atoms with Crippen LogP contribution in [0, 0.1) is 5.82 Å². The number of rotatable bonds is 5. The summed E-state index contributed by atoms with van der Waals surface area (Å²) in [6, 6.07) is 8.24.